The molecule has 1 unspecified atom stereocenters. The van der Waals surface area contributed by atoms with Crippen molar-refractivity contribution in [2.75, 3.05) is 26.2 Å². The second-order valence-corrected chi connectivity index (χ2v) is 5.88. The van der Waals surface area contributed by atoms with Gasteiger partial charge in [0.1, 0.15) is 0 Å². The summed E-state index contributed by atoms with van der Waals surface area (Å²) in [5.74, 6) is -0.0456. The lowest BCUT2D eigenvalue weighted by Crippen LogP contribution is -2.46. The fourth-order valence-corrected chi connectivity index (χ4v) is 3.17. The van der Waals surface area contributed by atoms with Crippen LogP contribution < -0.4 is 5.32 Å². The standard InChI is InChI=1S/C14H24N2O3/c1-2-14(13(18)19)4-7-16(8-5-14)12(17)9-11-3-6-15-10-11/h11,15H,2-10H2,1H3,(H,18,19). The number of aliphatic carboxylic acids is 1. The van der Waals surface area contributed by atoms with E-state index in [0.29, 0.717) is 44.7 Å². The fourth-order valence-electron chi connectivity index (χ4n) is 3.17. The van der Waals surface area contributed by atoms with Gasteiger partial charge in [0.15, 0.2) is 0 Å². The smallest absolute Gasteiger partial charge is 0.309 e. The molecule has 0 aromatic carbocycles. The van der Waals surface area contributed by atoms with E-state index in [0.717, 1.165) is 19.5 Å². The monoisotopic (exact) mass is 268 g/mol. The van der Waals surface area contributed by atoms with Gasteiger partial charge in [-0.3, -0.25) is 9.59 Å². The minimum Gasteiger partial charge on any atom is -0.481 e. The fraction of sp³-hybridized carbons (Fsp3) is 0.857. The van der Waals surface area contributed by atoms with E-state index >= 15 is 0 Å². The van der Waals surface area contributed by atoms with Crippen LogP contribution in [0.4, 0.5) is 0 Å². The van der Waals surface area contributed by atoms with E-state index in [1.165, 1.54) is 0 Å². The number of hydrogen-bond acceptors (Lipinski definition) is 3. The highest BCUT2D eigenvalue weighted by Crippen LogP contribution is 2.35. The summed E-state index contributed by atoms with van der Waals surface area (Å²) >= 11 is 0. The van der Waals surface area contributed by atoms with Crippen LogP contribution in [0.3, 0.4) is 0 Å². The Balaban J connectivity index is 1.85. The van der Waals surface area contributed by atoms with Gasteiger partial charge in [-0.15, -0.1) is 0 Å². The van der Waals surface area contributed by atoms with Gasteiger partial charge in [0.25, 0.3) is 0 Å². The van der Waals surface area contributed by atoms with Gasteiger partial charge in [0.05, 0.1) is 5.41 Å². The van der Waals surface area contributed by atoms with Crippen LogP contribution in [0.5, 0.6) is 0 Å². The number of carbonyl (C=O) groups excluding carboxylic acids is 1. The maximum Gasteiger partial charge on any atom is 0.309 e. The maximum absolute atomic E-state index is 12.2. The van der Waals surface area contributed by atoms with Crippen LogP contribution in [0.15, 0.2) is 0 Å². The van der Waals surface area contributed by atoms with Crippen LogP contribution in [0, 0.1) is 11.3 Å². The molecule has 1 amide bonds. The number of rotatable bonds is 4. The SMILES string of the molecule is CCC1(C(=O)O)CCN(C(=O)CC2CCNC2)CC1. The number of nitrogens with one attached hydrogen (secondary N) is 1. The van der Waals surface area contributed by atoms with Crippen LogP contribution in [0.1, 0.15) is 39.0 Å². The Morgan fingerprint density at radius 2 is 2.05 bits per heavy atom. The van der Waals surface area contributed by atoms with Crippen LogP contribution in [-0.4, -0.2) is 48.1 Å². The van der Waals surface area contributed by atoms with E-state index in [4.69, 9.17) is 0 Å². The highest BCUT2D eigenvalue weighted by Gasteiger charge is 2.40. The Morgan fingerprint density at radius 3 is 2.53 bits per heavy atom. The van der Waals surface area contributed by atoms with Crippen molar-refractivity contribution in [1.82, 2.24) is 10.2 Å². The lowest BCUT2D eigenvalue weighted by molar-refractivity contribution is -0.154. The van der Waals surface area contributed by atoms with E-state index in [1.54, 1.807) is 0 Å². The minimum atomic E-state index is -0.706. The zero-order valence-electron chi connectivity index (χ0n) is 11.7. The number of carboxylic acids is 1. The topological polar surface area (TPSA) is 69.6 Å². The molecule has 2 saturated heterocycles. The normalized spacial score (nSPS) is 26.4. The largest absolute Gasteiger partial charge is 0.481 e. The molecule has 108 valence electrons. The zero-order chi connectivity index (χ0) is 13.9. The Kier molecular flexibility index (Phi) is 4.45. The molecule has 5 heteroatoms. The van der Waals surface area contributed by atoms with Gasteiger partial charge in [-0.25, -0.2) is 0 Å². The summed E-state index contributed by atoms with van der Waals surface area (Å²) in [6, 6.07) is 0. The average molecular weight is 268 g/mol. The molecule has 2 aliphatic rings. The molecule has 2 rings (SSSR count). The second-order valence-electron chi connectivity index (χ2n) is 5.88. The number of amides is 1. The molecule has 2 aliphatic heterocycles. The van der Waals surface area contributed by atoms with Crippen molar-refractivity contribution in [3.8, 4) is 0 Å². The third-order valence-corrected chi connectivity index (χ3v) is 4.83. The van der Waals surface area contributed by atoms with E-state index in [9.17, 15) is 14.7 Å². The van der Waals surface area contributed by atoms with Gasteiger partial charge in [-0.1, -0.05) is 6.92 Å². The third kappa shape index (κ3) is 3.08. The van der Waals surface area contributed by atoms with Gasteiger partial charge >= 0.3 is 5.97 Å². The predicted molar refractivity (Wildman–Crippen MR) is 71.8 cm³/mol. The van der Waals surface area contributed by atoms with Crippen molar-refractivity contribution in [1.29, 1.82) is 0 Å². The summed E-state index contributed by atoms with van der Waals surface area (Å²) in [4.78, 5) is 25.4. The summed E-state index contributed by atoms with van der Waals surface area (Å²) in [5, 5.41) is 12.6. The number of hydrogen-bond donors (Lipinski definition) is 2. The van der Waals surface area contributed by atoms with Crippen LogP contribution in [-0.2, 0) is 9.59 Å². The van der Waals surface area contributed by atoms with Crippen molar-refractivity contribution in [2.45, 2.75) is 39.0 Å². The highest BCUT2D eigenvalue weighted by atomic mass is 16.4. The van der Waals surface area contributed by atoms with Crippen molar-refractivity contribution in [3.05, 3.63) is 0 Å². The number of carboxylic acid groups (broad SMARTS) is 1. The molecule has 2 N–H and O–H groups in total. The van der Waals surface area contributed by atoms with Crippen molar-refractivity contribution in [2.24, 2.45) is 11.3 Å². The zero-order valence-corrected chi connectivity index (χ0v) is 11.7. The molecule has 0 aromatic heterocycles. The van der Waals surface area contributed by atoms with Crippen LogP contribution >= 0.6 is 0 Å². The van der Waals surface area contributed by atoms with Gasteiger partial charge in [0.2, 0.25) is 5.91 Å². The van der Waals surface area contributed by atoms with E-state index < -0.39 is 11.4 Å². The summed E-state index contributed by atoms with van der Waals surface area (Å²) in [6.07, 6.45) is 3.52. The molecular formula is C14H24N2O3. The molecule has 1 atom stereocenters. The van der Waals surface area contributed by atoms with E-state index in [-0.39, 0.29) is 5.91 Å². The average Bonchev–Trinajstić information content (AvgIpc) is 2.91. The molecule has 0 spiro atoms. The number of carbonyl (C=O) groups is 2. The van der Waals surface area contributed by atoms with Crippen molar-refractivity contribution >= 4 is 11.9 Å². The first-order chi connectivity index (χ1) is 9.07. The maximum atomic E-state index is 12.2. The van der Waals surface area contributed by atoms with Crippen LogP contribution in [0.25, 0.3) is 0 Å². The molecule has 2 fully saturated rings. The Morgan fingerprint density at radius 1 is 1.37 bits per heavy atom. The lowest BCUT2D eigenvalue weighted by atomic mass is 9.76. The van der Waals surface area contributed by atoms with E-state index in [2.05, 4.69) is 5.32 Å². The summed E-state index contributed by atoms with van der Waals surface area (Å²) in [6.45, 7) is 5.07. The quantitative estimate of drug-likeness (QED) is 0.801. The summed E-state index contributed by atoms with van der Waals surface area (Å²) < 4.78 is 0. The molecular weight excluding hydrogens is 244 g/mol. The van der Waals surface area contributed by atoms with Crippen molar-refractivity contribution in [3.63, 3.8) is 0 Å². The molecule has 5 nitrogen and oxygen atoms in total. The van der Waals surface area contributed by atoms with E-state index in [1.807, 2.05) is 11.8 Å². The van der Waals surface area contributed by atoms with Gasteiger partial charge < -0.3 is 15.3 Å². The molecule has 19 heavy (non-hydrogen) atoms. The molecule has 0 saturated carbocycles. The number of likely N-dealkylation sites (tertiary alicyclic amines) is 1. The molecule has 0 aromatic rings. The first-order valence-corrected chi connectivity index (χ1v) is 7.29. The van der Waals surface area contributed by atoms with Crippen LogP contribution in [0.2, 0.25) is 0 Å². The lowest BCUT2D eigenvalue weighted by Gasteiger charge is -2.38. The Hall–Kier alpha value is -1.10. The highest BCUT2D eigenvalue weighted by molar-refractivity contribution is 5.78. The molecule has 0 radical (unpaired) electrons. The first kappa shape index (κ1) is 14.3. The summed E-state index contributed by atoms with van der Waals surface area (Å²) in [7, 11) is 0. The first-order valence-electron chi connectivity index (χ1n) is 7.29. The van der Waals surface area contributed by atoms with Gasteiger partial charge in [-0.2, -0.15) is 0 Å². The molecule has 0 aliphatic carbocycles. The Bertz CT molecular complexity index is 343. The second kappa shape index (κ2) is 5.90. The summed E-state index contributed by atoms with van der Waals surface area (Å²) in [5.41, 5.74) is -0.605. The third-order valence-electron chi connectivity index (χ3n) is 4.83. The Labute approximate surface area is 114 Å². The molecule has 0 bridgehead atoms. The molecule has 2 heterocycles. The van der Waals surface area contributed by atoms with Gasteiger partial charge in [-0.05, 0) is 44.7 Å². The predicted octanol–water partition coefficient (Wildman–Crippen LogP) is 1.09. The number of nitrogens with zero attached hydrogens (tertiary/aromatic N) is 1. The minimum absolute atomic E-state index is 0.198. The number of piperidine rings is 1. The van der Waals surface area contributed by atoms with Crippen molar-refractivity contribution < 1.29 is 14.7 Å². The van der Waals surface area contributed by atoms with Gasteiger partial charge in [0, 0.05) is 19.5 Å².